The second-order valence-electron chi connectivity index (χ2n) is 7.06. The molecule has 1 aliphatic heterocycles. The normalized spacial score (nSPS) is 17.1. The first-order chi connectivity index (χ1) is 10.5. The third kappa shape index (κ3) is 4.09. The van der Waals surface area contributed by atoms with Gasteiger partial charge in [-0.15, -0.1) is 0 Å². The Morgan fingerprint density at radius 3 is 2.50 bits per heavy atom. The summed E-state index contributed by atoms with van der Waals surface area (Å²) in [5.74, 6) is 0. The van der Waals surface area contributed by atoms with E-state index in [-0.39, 0.29) is 12.1 Å². The fourth-order valence-corrected chi connectivity index (χ4v) is 3.41. The number of aliphatic hydroxyl groups is 1. The molecule has 22 heavy (non-hydrogen) atoms. The van der Waals surface area contributed by atoms with Crippen LogP contribution in [0.4, 0.5) is 0 Å². The Labute approximate surface area is 134 Å². The lowest BCUT2D eigenvalue weighted by atomic mass is 9.98. The molecule has 0 bridgehead atoms. The van der Waals surface area contributed by atoms with Gasteiger partial charge in [-0.1, -0.05) is 6.42 Å². The summed E-state index contributed by atoms with van der Waals surface area (Å²) in [6, 6.07) is 0. The summed E-state index contributed by atoms with van der Waals surface area (Å²) in [6.45, 7) is 13.8. The van der Waals surface area contributed by atoms with Crippen molar-refractivity contribution in [1.29, 1.82) is 0 Å². The van der Waals surface area contributed by atoms with Crippen molar-refractivity contribution < 1.29 is 5.11 Å². The first kappa shape index (κ1) is 17.4. The Kier molecular flexibility index (Phi) is 6.01. The summed E-state index contributed by atoms with van der Waals surface area (Å²) >= 11 is 0. The zero-order valence-corrected chi connectivity index (χ0v) is 14.7. The number of hydrogen-bond acceptors (Lipinski definition) is 4. The number of piperidine rings is 1. The van der Waals surface area contributed by atoms with E-state index in [9.17, 15) is 0 Å². The van der Waals surface area contributed by atoms with Gasteiger partial charge in [0.05, 0.1) is 18.8 Å². The second-order valence-corrected chi connectivity index (χ2v) is 7.06. The topological polar surface area (TPSA) is 53.3 Å². The molecule has 1 aromatic heterocycles. The zero-order chi connectivity index (χ0) is 16.2. The van der Waals surface area contributed by atoms with Crippen molar-refractivity contribution in [1.82, 2.24) is 20.0 Å². The highest BCUT2D eigenvalue weighted by Crippen LogP contribution is 2.20. The Hall–Kier alpha value is -0.910. The van der Waals surface area contributed by atoms with Gasteiger partial charge in [0, 0.05) is 29.9 Å². The van der Waals surface area contributed by atoms with Crippen LogP contribution < -0.4 is 5.32 Å². The molecule has 2 heterocycles. The lowest BCUT2D eigenvalue weighted by molar-refractivity contribution is 0.0942. The maximum atomic E-state index is 9.09. The van der Waals surface area contributed by atoms with Crippen LogP contribution in [0.2, 0.25) is 0 Å². The van der Waals surface area contributed by atoms with Gasteiger partial charge in [0.25, 0.3) is 0 Å². The first-order valence-electron chi connectivity index (χ1n) is 8.55. The van der Waals surface area contributed by atoms with Crippen molar-refractivity contribution >= 4 is 0 Å². The van der Waals surface area contributed by atoms with Gasteiger partial charge >= 0.3 is 0 Å². The molecule has 0 saturated carbocycles. The molecule has 2 rings (SSSR count). The van der Waals surface area contributed by atoms with Crippen molar-refractivity contribution in [2.45, 2.75) is 65.6 Å². The van der Waals surface area contributed by atoms with Crippen LogP contribution in [0.25, 0.3) is 0 Å². The highest BCUT2D eigenvalue weighted by atomic mass is 16.3. The smallest absolute Gasteiger partial charge is 0.0644 e. The highest BCUT2D eigenvalue weighted by Gasteiger charge is 2.27. The van der Waals surface area contributed by atoms with E-state index in [2.05, 4.69) is 36.1 Å². The number of rotatable bonds is 7. The first-order valence-corrected chi connectivity index (χ1v) is 8.55. The maximum absolute atomic E-state index is 9.09. The summed E-state index contributed by atoms with van der Waals surface area (Å²) in [5, 5.41) is 17.2. The van der Waals surface area contributed by atoms with Gasteiger partial charge in [-0.2, -0.15) is 5.10 Å². The molecule has 1 fully saturated rings. The molecule has 0 amide bonds. The standard InChI is InChI=1S/C17H32N4O/c1-14-16(15(2)21(19-14)10-11-22)12-18-13-17(3,4)20-8-6-5-7-9-20/h18,22H,5-13H2,1-4H3. The van der Waals surface area contributed by atoms with Crippen LogP contribution in [-0.4, -0.2) is 51.6 Å². The minimum absolute atomic E-state index is 0.136. The number of likely N-dealkylation sites (tertiary alicyclic amines) is 1. The van der Waals surface area contributed by atoms with E-state index in [0.29, 0.717) is 6.54 Å². The van der Waals surface area contributed by atoms with E-state index in [1.807, 2.05) is 11.6 Å². The minimum Gasteiger partial charge on any atom is -0.394 e. The summed E-state index contributed by atoms with van der Waals surface area (Å²) in [4.78, 5) is 2.61. The van der Waals surface area contributed by atoms with Gasteiger partial charge in [0.2, 0.25) is 0 Å². The Morgan fingerprint density at radius 2 is 1.86 bits per heavy atom. The molecule has 0 aromatic carbocycles. The van der Waals surface area contributed by atoms with Crippen LogP contribution in [0.1, 0.15) is 50.1 Å². The number of aliphatic hydroxyl groups excluding tert-OH is 1. The quantitative estimate of drug-likeness (QED) is 0.807. The molecular formula is C17H32N4O. The molecule has 1 aliphatic rings. The summed E-state index contributed by atoms with van der Waals surface area (Å²) in [5.41, 5.74) is 3.69. The van der Waals surface area contributed by atoms with Crippen molar-refractivity contribution in [3.05, 3.63) is 17.0 Å². The average molecular weight is 308 g/mol. The predicted molar refractivity (Wildman–Crippen MR) is 90.0 cm³/mol. The van der Waals surface area contributed by atoms with Crippen molar-refractivity contribution in [3.63, 3.8) is 0 Å². The summed E-state index contributed by atoms with van der Waals surface area (Å²) < 4.78 is 1.90. The molecule has 0 aliphatic carbocycles. The van der Waals surface area contributed by atoms with E-state index in [4.69, 9.17) is 5.11 Å². The van der Waals surface area contributed by atoms with Crippen molar-refractivity contribution in [2.75, 3.05) is 26.2 Å². The summed E-state index contributed by atoms with van der Waals surface area (Å²) in [7, 11) is 0. The van der Waals surface area contributed by atoms with Crippen LogP contribution in [0.5, 0.6) is 0 Å². The third-order valence-electron chi connectivity index (χ3n) is 4.91. The van der Waals surface area contributed by atoms with Gasteiger partial charge in [-0.3, -0.25) is 9.58 Å². The Morgan fingerprint density at radius 1 is 1.18 bits per heavy atom. The molecule has 0 atom stereocenters. The van der Waals surface area contributed by atoms with E-state index >= 15 is 0 Å². The van der Waals surface area contributed by atoms with Gasteiger partial charge in [-0.25, -0.2) is 0 Å². The molecule has 0 unspecified atom stereocenters. The fraction of sp³-hybridized carbons (Fsp3) is 0.824. The molecule has 1 saturated heterocycles. The molecule has 0 radical (unpaired) electrons. The highest BCUT2D eigenvalue weighted by molar-refractivity contribution is 5.24. The molecule has 2 N–H and O–H groups in total. The van der Waals surface area contributed by atoms with Crippen LogP contribution in [0, 0.1) is 13.8 Å². The van der Waals surface area contributed by atoms with Crippen molar-refractivity contribution in [3.8, 4) is 0 Å². The number of nitrogens with one attached hydrogen (secondary N) is 1. The molecule has 5 nitrogen and oxygen atoms in total. The van der Waals surface area contributed by atoms with Gasteiger partial charge in [0.1, 0.15) is 0 Å². The largest absolute Gasteiger partial charge is 0.394 e. The van der Waals surface area contributed by atoms with Gasteiger partial charge in [-0.05, 0) is 53.6 Å². The number of nitrogens with zero attached hydrogens (tertiary/aromatic N) is 3. The van der Waals surface area contributed by atoms with Crippen LogP contribution in [-0.2, 0) is 13.1 Å². The molecule has 5 heteroatoms. The van der Waals surface area contributed by atoms with Gasteiger partial charge in [0.15, 0.2) is 0 Å². The monoisotopic (exact) mass is 308 g/mol. The molecule has 1 aromatic rings. The van der Waals surface area contributed by atoms with Crippen LogP contribution in [0.3, 0.4) is 0 Å². The zero-order valence-electron chi connectivity index (χ0n) is 14.7. The second kappa shape index (κ2) is 7.57. The van der Waals surface area contributed by atoms with Crippen LogP contribution >= 0.6 is 0 Å². The van der Waals surface area contributed by atoms with E-state index in [1.54, 1.807) is 0 Å². The minimum atomic E-state index is 0.136. The number of hydrogen-bond donors (Lipinski definition) is 2. The van der Waals surface area contributed by atoms with Gasteiger partial charge < -0.3 is 10.4 Å². The van der Waals surface area contributed by atoms with Crippen LogP contribution in [0.15, 0.2) is 0 Å². The van der Waals surface area contributed by atoms with E-state index < -0.39 is 0 Å². The average Bonchev–Trinajstić information content (AvgIpc) is 2.76. The SMILES string of the molecule is Cc1nn(CCO)c(C)c1CNCC(C)(C)N1CCCCC1. The lowest BCUT2D eigenvalue weighted by Crippen LogP contribution is -2.52. The molecular weight excluding hydrogens is 276 g/mol. The maximum Gasteiger partial charge on any atom is 0.0644 e. The predicted octanol–water partition coefficient (Wildman–Crippen LogP) is 1.85. The Balaban J connectivity index is 1.90. The molecule has 0 spiro atoms. The third-order valence-corrected chi connectivity index (χ3v) is 4.91. The summed E-state index contributed by atoms with van der Waals surface area (Å²) in [6.07, 6.45) is 4.04. The van der Waals surface area contributed by atoms with E-state index in [0.717, 1.165) is 24.5 Å². The Bertz CT molecular complexity index is 475. The lowest BCUT2D eigenvalue weighted by Gasteiger charge is -2.41. The van der Waals surface area contributed by atoms with Crippen molar-refractivity contribution in [2.24, 2.45) is 0 Å². The fourth-order valence-electron chi connectivity index (χ4n) is 3.41. The number of aryl methyl sites for hydroxylation is 1. The molecule has 126 valence electrons. The number of aromatic nitrogens is 2. The van der Waals surface area contributed by atoms with E-state index in [1.165, 1.54) is 37.9 Å².